The Morgan fingerprint density at radius 3 is 2.85 bits per heavy atom. The molecule has 0 saturated carbocycles. The van der Waals surface area contributed by atoms with Crippen LogP contribution in [0.1, 0.15) is 21.5 Å². The van der Waals surface area contributed by atoms with Gasteiger partial charge in [-0.05, 0) is 18.2 Å². The molecule has 8 nitrogen and oxygen atoms in total. The topological polar surface area (TPSA) is 97.1 Å². The molecule has 0 fully saturated rings. The van der Waals surface area contributed by atoms with Crippen LogP contribution in [0, 0.1) is 15.9 Å². The average molecular weight is 363 g/mol. The van der Waals surface area contributed by atoms with Gasteiger partial charge in [0.2, 0.25) is 0 Å². The number of halogens is 1. The van der Waals surface area contributed by atoms with Crippen LogP contribution in [-0.4, -0.2) is 24.8 Å². The van der Waals surface area contributed by atoms with Crippen molar-refractivity contribution in [2.75, 3.05) is 13.9 Å². The largest absolute Gasteiger partial charge is 0.494 e. The predicted molar refractivity (Wildman–Crippen MR) is 85.5 cm³/mol. The Morgan fingerprint density at radius 2 is 2.15 bits per heavy atom. The molecular weight excluding hydrogens is 349 g/mol. The van der Waals surface area contributed by atoms with E-state index in [1.165, 1.54) is 31.4 Å². The van der Waals surface area contributed by atoms with E-state index >= 15 is 0 Å². The van der Waals surface area contributed by atoms with Gasteiger partial charge in [-0.25, -0.2) is 9.18 Å². The van der Waals surface area contributed by atoms with Crippen LogP contribution in [0.5, 0.6) is 11.5 Å². The van der Waals surface area contributed by atoms with Gasteiger partial charge >= 0.3 is 5.97 Å². The average Bonchev–Trinajstić information content (AvgIpc) is 2.65. The fourth-order valence-electron chi connectivity index (χ4n) is 2.51. The fraction of sp³-hybridized carbons (Fsp3) is 0.235. The number of ether oxygens (including phenoxy) is 4. The lowest BCUT2D eigenvalue weighted by atomic mass is 10.1. The molecule has 0 amide bonds. The maximum atomic E-state index is 13.7. The molecule has 0 bridgehead atoms. The van der Waals surface area contributed by atoms with Gasteiger partial charge in [-0.3, -0.25) is 10.1 Å². The summed E-state index contributed by atoms with van der Waals surface area (Å²) in [5, 5.41) is 11.1. The van der Waals surface area contributed by atoms with Gasteiger partial charge < -0.3 is 18.9 Å². The molecule has 1 aliphatic heterocycles. The van der Waals surface area contributed by atoms with E-state index in [2.05, 4.69) is 0 Å². The molecule has 0 spiro atoms. The number of carbonyl (C=O) groups is 1. The number of non-ortho nitro benzene ring substituents is 1. The van der Waals surface area contributed by atoms with Crippen molar-refractivity contribution in [2.24, 2.45) is 0 Å². The third-order valence-corrected chi connectivity index (χ3v) is 3.73. The maximum Gasteiger partial charge on any atom is 0.338 e. The van der Waals surface area contributed by atoms with Crippen molar-refractivity contribution in [1.82, 2.24) is 0 Å². The zero-order valence-corrected chi connectivity index (χ0v) is 13.7. The van der Waals surface area contributed by atoms with Crippen LogP contribution in [0.2, 0.25) is 0 Å². The van der Waals surface area contributed by atoms with Crippen molar-refractivity contribution in [3.05, 3.63) is 63.0 Å². The minimum Gasteiger partial charge on any atom is -0.494 e. The second-order valence-corrected chi connectivity index (χ2v) is 5.39. The number of benzene rings is 2. The lowest BCUT2D eigenvalue weighted by molar-refractivity contribution is -0.385. The number of hydrogen-bond donors (Lipinski definition) is 0. The summed E-state index contributed by atoms with van der Waals surface area (Å²) in [7, 11) is 1.31. The molecular formula is C17H14FNO7. The summed E-state index contributed by atoms with van der Waals surface area (Å²) in [6.07, 6.45) is 0. The molecule has 0 radical (unpaired) electrons. The van der Waals surface area contributed by atoms with Gasteiger partial charge in [0, 0.05) is 23.3 Å². The van der Waals surface area contributed by atoms with Crippen molar-refractivity contribution in [3.8, 4) is 11.5 Å². The molecule has 136 valence electrons. The van der Waals surface area contributed by atoms with E-state index in [0.29, 0.717) is 16.9 Å². The van der Waals surface area contributed by atoms with E-state index in [0.717, 1.165) is 6.07 Å². The third-order valence-electron chi connectivity index (χ3n) is 3.73. The number of nitro groups is 1. The first kappa shape index (κ1) is 17.6. The lowest BCUT2D eigenvalue weighted by Crippen LogP contribution is -2.15. The highest BCUT2D eigenvalue weighted by Gasteiger charge is 2.22. The SMILES string of the molecule is COc1ccc(C(=O)OCc2cc([N+](=O)[O-])cc3c2OCOC3)cc1F. The van der Waals surface area contributed by atoms with Gasteiger partial charge in [0.1, 0.15) is 12.4 Å². The summed E-state index contributed by atoms with van der Waals surface area (Å²) in [5.41, 5.74) is 0.651. The molecule has 1 aliphatic rings. The first-order chi connectivity index (χ1) is 12.5. The molecule has 2 aromatic carbocycles. The number of fused-ring (bicyclic) bond motifs is 1. The number of methoxy groups -OCH3 is 1. The van der Waals surface area contributed by atoms with Crippen LogP contribution in [-0.2, 0) is 22.7 Å². The summed E-state index contributed by atoms with van der Waals surface area (Å²) in [6, 6.07) is 6.28. The van der Waals surface area contributed by atoms with Crippen LogP contribution < -0.4 is 9.47 Å². The molecule has 0 aliphatic carbocycles. The highest BCUT2D eigenvalue weighted by molar-refractivity contribution is 5.89. The maximum absolute atomic E-state index is 13.7. The van der Waals surface area contributed by atoms with E-state index in [-0.39, 0.29) is 37.0 Å². The minimum atomic E-state index is -0.779. The summed E-state index contributed by atoms with van der Waals surface area (Å²) in [6.45, 7) is -0.117. The van der Waals surface area contributed by atoms with Crippen LogP contribution in [0.3, 0.4) is 0 Å². The van der Waals surface area contributed by atoms with E-state index in [9.17, 15) is 19.3 Å². The molecule has 26 heavy (non-hydrogen) atoms. The van der Waals surface area contributed by atoms with Crippen molar-refractivity contribution < 1.29 is 33.1 Å². The van der Waals surface area contributed by atoms with E-state index in [1.807, 2.05) is 0 Å². The zero-order valence-electron chi connectivity index (χ0n) is 13.7. The summed E-state index contributed by atoms with van der Waals surface area (Å²) < 4.78 is 34.1. The number of nitro benzene ring substituents is 1. The normalized spacial score (nSPS) is 12.7. The van der Waals surface area contributed by atoms with E-state index in [4.69, 9.17) is 18.9 Å². The zero-order chi connectivity index (χ0) is 18.7. The van der Waals surface area contributed by atoms with Crippen molar-refractivity contribution >= 4 is 11.7 Å². The summed E-state index contributed by atoms with van der Waals surface area (Å²) >= 11 is 0. The van der Waals surface area contributed by atoms with Gasteiger partial charge in [-0.1, -0.05) is 0 Å². The molecule has 0 unspecified atom stereocenters. The van der Waals surface area contributed by atoms with Crippen LogP contribution >= 0.6 is 0 Å². The van der Waals surface area contributed by atoms with Crippen LogP contribution in [0.4, 0.5) is 10.1 Å². The second-order valence-electron chi connectivity index (χ2n) is 5.39. The lowest BCUT2D eigenvalue weighted by Gasteiger charge is -2.20. The Kier molecular flexibility index (Phi) is 4.99. The van der Waals surface area contributed by atoms with Gasteiger partial charge in [0.15, 0.2) is 18.4 Å². The first-order valence-electron chi connectivity index (χ1n) is 7.51. The Labute approximate surface area is 147 Å². The Balaban J connectivity index is 1.80. The standard InChI is InChI=1S/C17H14FNO7/c1-23-15-3-2-10(6-14(15)18)17(20)25-8-12-5-13(19(21)22)4-11-7-24-9-26-16(11)12/h2-6H,7-9H2,1H3. The Bertz CT molecular complexity index is 868. The molecule has 3 rings (SSSR count). The first-order valence-corrected chi connectivity index (χ1v) is 7.51. The monoisotopic (exact) mass is 363 g/mol. The van der Waals surface area contributed by atoms with Gasteiger partial charge in [-0.2, -0.15) is 0 Å². The van der Waals surface area contributed by atoms with Crippen LogP contribution in [0.25, 0.3) is 0 Å². The molecule has 2 aromatic rings. The predicted octanol–water partition coefficient (Wildman–Crippen LogP) is 2.97. The van der Waals surface area contributed by atoms with Crippen molar-refractivity contribution in [1.29, 1.82) is 0 Å². The smallest absolute Gasteiger partial charge is 0.338 e. The molecule has 0 atom stereocenters. The molecule has 0 aromatic heterocycles. The summed E-state index contributed by atoms with van der Waals surface area (Å²) in [4.78, 5) is 22.6. The highest BCUT2D eigenvalue weighted by Crippen LogP contribution is 2.33. The van der Waals surface area contributed by atoms with Crippen molar-refractivity contribution in [3.63, 3.8) is 0 Å². The number of carbonyl (C=O) groups excluding carboxylic acids is 1. The van der Waals surface area contributed by atoms with Gasteiger partial charge in [0.05, 0.1) is 24.2 Å². The minimum absolute atomic E-state index is 0.00250. The second kappa shape index (κ2) is 7.36. The number of rotatable bonds is 5. The number of nitrogens with zero attached hydrogens (tertiary/aromatic N) is 1. The quantitative estimate of drug-likeness (QED) is 0.458. The molecule has 1 heterocycles. The number of esters is 1. The summed E-state index contributed by atoms with van der Waals surface area (Å²) in [5.74, 6) is -1.09. The van der Waals surface area contributed by atoms with Gasteiger partial charge in [-0.15, -0.1) is 0 Å². The molecule has 9 heteroatoms. The van der Waals surface area contributed by atoms with Crippen molar-refractivity contribution in [2.45, 2.75) is 13.2 Å². The van der Waals surface area contributed by atoms with E-state index < -0.39 is 16.7 Å². The molecule has 0 N–H and O–H groups in total. The van der Waals surface area contributed by atoms with Crippen LogP contribution in [0.15, 0.2) is 30.3 Å². The molecule has 0 saturated heterocycles. The highest BCUT2D eigenvalue weighted by atomic mass is 19.1. The number of hydrogen-bond acceptors (Lipinski definition) is 7. The Morgan fingerprint density at radius 1 is 1.35 bits per heavy atom. The fourth-order valence-corrected chi connectivity index (χ4v) is 2.51. The third kappa shape index (κ3) is 3.57. The van der Waals surface area contributed by atoms with Gasteiger partial charge in [0.25, 0.3) is 5.69 Å². The Hall–Kier alpha value is -3.20. The van der Waals surface area contributed by atoms with E-state index in [1.54, 1.807) is 0 Å².